The van der Waals surface area contributed by atoms with E-state index in [-0.39, 0.29) is 20.9 Å². The van der Waals surface area contributed by atoms with Crippen molar-refractivity contribution >= 4 is 20.2 Å². The Labute approximate surface area is 224 Å². The van der Waals surface area contributed by atoms with Gasteiger partial charge in [-0.1, -0.05) is 6.42 Å². The zero-order valence-electron chi connectivity index (χ0n) is 21.2. The molecule has 14 heteroatoms. The predicted molar refractivity (Wildman–Crippen MR) is 143 cm³/mol. The van der Waals surface area contributed by atoms with E-state index in [0.717, 1.165) is 6.42 Å². The second-order valence-electron chi connectivity index (χ2n) is 9.21. The van der Waals surface area contributed by atoms with Crippen LogP contribution in [0.2, 0.25) is 0 Å². The first kappa shape index (κ1) is 28.3. The van der Waals surface area contributed by atoms with Crippen molar-refractivity contribution in [3.63, 3.8) is 0 Å². The Balaban J connectivity index is 1.37. The lowest BCUT2D eigenvalue weighted by atomic mass is 10.0. The number of nitrogens with zero attached hydrogens (tertiary/aromatic N) is 2. The van der Waals surface area contributed by atoms with Crippen molar-refractivity contribution in [1.82, 2.24) is 19.6 Å². The molecule has 0 aliphatic heterocycles. The summed E-state index contributed by atoms with van der Waals surface area (Å²) in [5.74, 6) is 0. The van der Waals surface area contributed by atoms with E-state index in [1.807, 2.05) is 0 Å². The average Bonchev–Trinajstić information content (AvgIpc) is 3.32. The molecule has 0 bridgehead atoms. The van der Waals surface area contributed by atoms with Crippen LogP contribution in [-0.4, -0.2) is 45.5 Å². The van der Waals surface area contributed by atoms with Crippen LogP contribution in [0.1, 0.15) is 41.8 Å². The summed E-state index contributed by atoms with van der Waals surface area (Å²) < 4.78 is 65.9. The summed E-state index contributed by atoms with van der Waals surface area (Å²) >= 11 is 0. The van der Waals surface area contributed by atoms with Crippen molar-refractivity contribution < 1.29 is 25.9 Å². The minimum Gasteiger partial charge on any atom is -0.295 e. The molecule has 39 heavy (non-hydrogen) atoms. The van der Waals surface area contributed by atoms with Gasteiger partial charge in [-0.05, 0) is 88.1 Å². The molecular weight excluding hydrogens is 548 g/mol. The van der Waals surface area contributed by atoms with E-state index in [1.165, 1.54) is 57.9 Å². The fraction of sp³-hybridized carbons (Fsp3) is 0.280. The third-order valence-electron chi connectivity index (χ3n) is 6.53. The van der Waals surface area contributed by atoms with Gasteiger partial charge in [0.1, 0.15) is 0 Å². The Morgan fingerprint density at radius 2 is 0.949 bits per heavy atom. The quantitative estimate of drug-likeness (QED) is 0.164. The maximum Gasteiger partial charge on any atom is 0.294 e. The number of aromatic amines is 2. The largest absolute Gasteiger partial charge is 0.295 e. The third kappa shape index (κ3) is 6.14. The molecule has 4 aromatic rings. The van der Waals surface area contributed by atoms with Crippen molar-refractivity contribution in [2.45, 2.75) is 55.7 Å². The molecule has 0 radical (unpaired) electrons. The highest BCUT2D eigenvalue weighted by molar-refractivity contribution is 7.86. The van der Waals surface area contributed by atoms with Gasteiger partial charge in [-0.2, -0.15) is 16.8 Å². The monoisotopic (exact) mass is 576 g/mol. The van der Waals surface area contributed by atoms with Crippen LogP contribution in [0.25, 0.3) is 11.4 Å². The van der Waals surface area contributed by atoms with Gasteiger partial charge in [0.25, 0.3) is 31.4 Å². The number of benzene rings is 2. The summed E-state index contributed by atoms with van der Waals surface area (Å²) in [5, 5.41) is 5.99. The molecular formula is C25H28N4O8S2. The fourth-order valence-electron chi connectivity index (χ4n) is 4.43. The van der Waals surface area contributed by atoms with E-state index < -0.39 is 20.2 Å². The number of H-pyrrole nitrogens is 2. The summed E-state index contributed by atoms with van der Waals surface area (Å²) in [6.45, 7) is 3.57. The molecule has 2 aromatic carbocycles. The van der Waals surface area contributed by atoms with Gasteiger partial charge < -0.3 is 0 Å². The van der Waals surface area contributed by atoms with Crippen LogP contribution in [-0.2, 0) is 33.1 Å². The SMILES string of the molecule is Cc1[nH]n(-c2ccc(S(=O)(=O)O)cc2)c(=O)c1CCCCCc1c(C)[nH]n(-c2ccc(S(=O)(=O)O)cc2)c1=O. The number of unbranched alkanes of at least 4 members (excludes halogenated alkanes) is 2. The van der Waals surface area contributed by atoms with Gasteiger partial charge in [-0.3, -0.25) is 28.9 Å². The van der Waals surface area contributed by atoms with Gasteiger partial charge in [0.15, 0.2) is 0 Å². The van der Waals surface area contributed by atoms with Gasteiger partial charge in [-0.25, -0.2) is 9.36 Å². The van der Waals surface area contributed by atoms with Crippen molar-refractivity contribution in [2.24, 2.45) is 0 Å². The van der Waals surface area contributed by atoms with Crippen molar-refractivity contribution in [1.29, 1.82) is 0 Å². The Morgan fingerprint density at radius 3 is 1.26 bits per heavy atom. The van der Waals surface area contributed by atoms with Gasteiger partial charge in [-0.15, -0.1) is 0 Å². The van der Waals surface area contributed by atoms with Crippen LogP contribution < -0.4 is 11.1 Å². The molecule has 12 nitrogen and oxygen atoms in total. The molecule has 0 spiro atoms. The summed E-state index contributed by atoms with van der Waals surface area (Å²) in [5.41, 5.74) is 3.02. The first-order valence-electron chi connectivity index (χ1n) is 12.0. The lowest BCUT2D eigenvalue weighted by Crippen LogP contribution is -2.18. The standard InChI is InChI=1S/C25H28N4O8S2/c1-16-22(24(30)28(26-16)18-8-12-20(13-9-18)38(32,33)34)6-4-3-5-7-23-17(2)27-29(25(23)31)19-10-14-21(15-11-19)39(35,36)37/h8-15,26-27H,3-7H2,1-2H3,(H,32,33,34)(H,35,36,37). The third-order valence-corrected chi connectivity index (χ3v) is 8.26. The number of hydrogen-bond donors (Lipinski definition) is 4. The number of rotatable bonds is 10. The lowest BCUT2D eigenvalue weighted by molar-refractivity contribution is 0.481. The van der Waals surface area contributed by atoms with Crippen LogP contribution in [0, 0.1) is 13.8 Å². The zero-order chi connectivity index (χ0) is 28.5. The van der Waals surface area contributed by atoms with E-state index >= 15 is 0 Å². The van der Waals surface area contributed by atoms with E-state index in [1.54, 1.807) is 13.8 Å². The maximum atomic E-state index is 12.9. The van der Waals surface area contributed by atoms with Crippen LogP contribution in [0.3, 0.4) is 0 Å². The highest BCUT2D eigenvalue weighted by atomic mass is 32.2. The number of nitrogens with one attached hydrogen (secondary N) is 2. The molecule has 0 atom stereocenters. The molecule has 4 rings (SSSR count). The molecule has 0 saturated carbocycles. The minimum absolute atomic E-state index is 0.239. The molecule has 0 saturated heterocycles. The Bertz CT molecular complexity index is 1690. The molecule has 0 amide bonds. The second-order valence-corrected chi connectivity index (χ2v) is 12.1. The van der Waals surface area contributed by atoms with Crippen LogP contribution >= 0.6 is 0 Å². The second kappa shape index (κ2) is 10.8. The number of aromatic nitrogens is 4. The molecule has 2 aromatic heterocycles. The zero-order valence-corrected chi connectivity index (χ0v) is 22.8. The van der Waals surface area contributed by atoms with E-state index in [0.29, 0.717) is 59.6 Å². The molecule has 208 valence electrons. The van der Waals surface area contributed by atoms with E-state index in [9.17, 15) is 26.4 Å². The van der Waals surface area contributed by atoms with Gasteiger partial charge in [0, 0.05) is 22.5 Å². The smallest absolute Gasteiger partial charge is 0.294 e. The maximum absolute atomic E-state index is 12.9. The summed E-state index contributed by atoms with van der Waals surface area (Å²) in [6, 6.07) is 10.6. The number of hydrogen-bond acceptors (Lipinski definition) is 6. The summed E-state index contributed by atoms with van der Waals surface area (Å²) in [6.07, 6.45) is 3.23. The lowest BCUT2D eigenvalue weighted by Gasteiger charge is -2.03. The first-order chi connectivity index (χ1) is 18.3. The Hall–Kier alpha value is -3.72. The molecule has 0 unspecified atom stereocenters. The Kier molecular flexibility index (Phi) is 7.84. The fourth-order valence-corrected chi connectivity index (χ4v) is 5.39. The van der Waals surface area contributed by atoms with E-state index in [2.05, 4.69) is 10.2 Å². The van der Waals surface area contributed by atoms with Crippen molar-refractivity contribution in [2.75, 3.05) is 0 Å². The van der Waals surface area contributed by atoms with E-state index in [4.69, 9.17) is 9.11 Å². The molecule has 2 heterocycles. The average molecular weight is 577 g/mol. The highest BCUT2D eigenvalue weighted by Gasteiger charge is 2.16. The van der Waals surface area contributed by atoms with Crippen molar-refractivity contribution in [3.8, 4) is 11.4 Å². The summed E-state index contributed by atoms with van der Waals surface area (Å²) in [7, 11) is -8.65. The number of aryl methyl sites for hydroxylation is 2. The van der Waals surface area contributed by atoms with Crippen LogP contribution in [0.15, 0.2) is 67.9 Å². The molecule has 4 N–H and O–H groups in total. The molecule has 0 aliphatic carbocycles. The minimum atomic E-state index is -4.33. The van der Waals surface area contributed by atoms with Gasteiger partial charge >= 0.3 is 0 Å². The molecule has 0 aliphatic rings. The Morgan fingerprint density at radius 1 is 0.615 bits per heavy atom. The molecule has 0 fully saturated rings. The van der Waals surface area contributed by atoms with Crippen LogP contribution in [0.4, 0.5) is 0 Å². The predicted octanol–water partition coefficient (Wildman–Crippen LogP) is 2.71. The van der Waals surface area contributed by atoms with Crippen molar-refractivity contribution in [3.05, 3.63) is 91.8 Å². The normalized spacial score (nSPS) is 12.2. The summed E-state index contributed by atoms with van der Waals surface area (Å²) in [4.78, 5) is 25.3. The van der Waals surface area contributed by atoms with Gasteiger partial charge in [0.2, 0.25) is 0 Å². The van der Waals surface area contributed by atoms with Gasteiger partial charge in [0.05, 0.1) is 21.2 Å². The first-order valence-corrected chi connectivity index (χ1v) is 14.9. The van der Waals surface area contributed by atoms with Crippen LogP contribution in [0.5, 0.6) is 0 Å². The topological polar surface area (TPSA) is 184 Å². The highest BCUT2D eigenvalue weighted by Crippen LogP contribution is 2.16.